The van der Waals surface area contributed by atoms with E-state index in [2.05, 4.69) is 15.2 Å². The van der Waals surface area contributed by atoms with Gasteiger partial charge in [-0.25, -0.2) is 9.79 Å². The maximum absolute atomic E-state index is 12.8. The summed E-state index contributed by atoms with van der Waals surface area (Å²) < 4.78 is 11.0. The van der Waals surface area contributed by atoms with Gasteiger partial charge < -0.3 is 29.4 Å². The van der Waals surface area contributed by atoms with E-state index in [0.717, 1.165) is 45.0 Å². The molecule has 2 N–H and O–H groups in total. The molecule has 2 aliphatic rings. The fourth-order valence-corrected chi connectivity index (χ4v) is 3.83. The van der Waals surface area contributed by atoms with E-state index in [-0.39, 0.29) is 18.7 Å². The van der Waals surface area contributed by atoms with E-state index in [1.807, 2.05) is 32.6 Å². The minimum atomic E-state index is -0.762. The van der Waals surface area contributed by atoms with Crippen LogP contribution in [0.2, 0.25) is 0 Å². The Kier molecular flexibility index (Phi) is 7.86. The number of guanidine groups is 1. The van der Waals surface area contributed by atoms with Crippen molar-refractivity contribution in [3.05, 3.63) is 24.2 Å². The first kappa shape index (κ1) is 23.4. The molecule has 0 radical (unpaired) electrons. The summed E-state index contributed by atoms with van der Waals surface area (Å²) in [5, 5.41) is 13.6. The lowest BCUT2D eigenvalue weighted by atomic mass is 10.0. The highest BCUT2D eigenvalue weighted by Gasteiger charge is 2.35. The number of furan rings is 1. The molecule has 1 atom stereocenters. The van der Waals surface area contributed by atoms with Crippen LogP contribution in [0.25, 0.3) is 0 Å². The summed E-state index contributed by atoms with van der Waals surface area (Å²) in [6, 6.07) is 3.70. The SMILES string of the molecule is CCNC(=NCC(O)c1ccco1)N1CCC(N(CC2CC2)C(=O)OC(C)(C)C)CC1. The van der Waals surface area contributed by atoms with Gasteiger partial charge in [0.05, 0.1) is 12.8 Å². The predicted octanol–water partition coefficient (Wildman–Crippen LogP) is 3.39. The van der Waals surface area contributed by atoms with E-state index in [4.69, 9.17) is 9.15 Å². The minimum absolute atomic E-state index is 0.184. The Hall–Kier alpha value is -2.22. The van der Waals surface area contributed by atoms with Crippen molar-refractivity contribution < 1.29 is 19.1 Å². The number of likely N-dealkylation sites (tertiary alicyclic amines) is 1. The number of piperidine rings is 1. The van der Waals surface area contributed by atoms with Gasteiger partial charge in [-0.15, -0.1) is 0 Å². The molecule has 31 heavy (non-hydrogen) atoms. The van der Waals surface area contributed by atoms with Gasteiger partial charge in [0.15, 0.2) is 5.96 Å². The molecular formula is C23H38N4O4. The number of nitrogens with one attached hydrogen (secondary N) is 1. The third-order valence-corrected chi connectivity index (χ3v) is 5.61. The summed E-state index contributed by atoms with van der Waals surface area (Å²) in [7, 11) is 0. The summed E-state index contributed by atoms with van der Waals surface area (Å²) in [6.07, 6.45) is 4.74. The van der Waals surface area contributed by atoms with Crippen LogP contribution in [0.3, 0.4) is 0 Å². The van der Waals surface area contributed by atoms with Crippen molar-refractivity contribution in [1.82, 2.24) is 15.1 Å². The van der Waals surface area contributed by atoms with Gasteiger partial charge in [-0.2, -0.15) is 0 Å². The second-order valence-electron chi connectivity index (χ2n) is 9.52. The quantitative estimate of drug-likeness (QED) is 0.505. The molecule has 1 unspecified atom stereocenters. The van der Waals surface area contributed by atoms with E-state index < -0.39 is 11.7 Å². The lowest BCUT2D eigenvalue weighted by molar-refractivity contribution is 0.00927. The van der Waals surface area contributed by atoms with Crippen molar-refractivity contribution in [1.29, 1.82) is 0 Å². The number of carbonyl (C=O) groups is 1. The Morgan fingerprint density at radius 3 is 2.61 bits per heavy atom. The zero-order valence-electron chi connectivity index (χ0n) is 19.3. The Labute approximate surface area is 185 Å². The molecule has 1 saturated carbocycles. The van der Waals surface area contributed by atoms with Crippen LogP contribution < -0.4 is 5.32 Å². The summed E-state index contributed by atoms with van der Waals surface area (Å²) in [4.78, 5) is 21.6. The molecule has 8 nitrogen and oxygen atoms in total. The van der Waals surface area contributed by atoms with Crippen molar-refractivity contribution in [2.75, 3.05) is 32.7 Å². The predicted molar refractivity (Wildman–Crippen MR) is 120 cm³/mol. The normalized spacial score (nSPS) is 19.3. The van der Waals surface area contributed by atoms with Crippen molar-refractivity contribution in [2.45, 2.75) is 71.1 Å². The molecule has 8 heteroatoms. The third-order valence-electron chi connectivity index (χ3n) is 5.61. The average molecular weight is 435 g/mol. The number of aliphatic hydroxyl groups excluding tert-OH is 1. The molecule has 2 heterocycles. The van der Waals surface area contributed by atoms with Gasteiger partial charge in [0, 0.05) is 32.2 Å². The molecule has 1 amide bonds. The molecular weight excluding hydrogens is 396 g/mol. The first-order chi connectivity index (χ1) is 14.8. The molecule has 1 aromatic heterocycles. The van der Waals surface area contributed by atoms with Crippen LogP contribution in [0, 0.1) is 5.92 Å². The maximum atomic E-state index is 12.8. The molecule has 1 aromatic rings. The average Bonchev–Trinajstić information content (AvgIpc) is 3.37. The van der Waals surface area contributed by atoms with E-state index in [1.165, 1.54) is 12.8 Å². The van der Waals surface area contributed by atoms with Crippen LogP contribution in [0.5, 0.6) is 0 Å². The first-order valence-electron chi connectivity index (χ1n) is 11.5. The Balaban J connectivity index is 1.59. The lowest BCUT2D eigenvalue weighted by Crippen LogP contribution is -2.52. The fraction of sp³-hybridized carbons (Fsp3) is 0.739. The molecule has 0 spiro atoms. The molecule has 1 saturated heterocycles. The largest absolute Gasteiger partial charge is 0.467 e. The third kappa shape index (κ3) is 7.16. The topological polar surface area (TPSA) is 90.5 Å². The van der Waals surface area contributed by atoms with Gasteiger partial charge in [0.25, 0.3) is 0 Å². The van der Waals surface area contributed by atoms with E-state index in [1.54, 1.807) is 18.4 Å². The van der Waals surface area contributed by atoms with Crippen molar-refractivity contribution in [3.63, 3.8) is 0 Å². The van der Waals surface area contributed by atoms with Crippen LogP contribution in [0.1, 0.15) is 65.2 Å². The van der Waals surface area contributed by atoms with Crippen molar-refractivity contribution in [3.8, 4) is 0 Å². The van der Waals surface area contributed by atoms with Gasteiger partial charge in [0.2, 0.25) is 0 Å². The number of rotatable bonds is 7. The van der Waals surface area contributed by atoms with E-state index in [0.29, 0.717) is 11.7 Å². The van der Waals surface area contributed by atoms with Crippen molar-refractivity contribution >= 4 is 12.1 Å². The number of ether oxygens (including phenoxy) is 1. The van der Waals surface area contributed by atoms with E-state index >= 15 is 0 Å². The van der Waals surface area contributed by atoms with Gasteiger partial charge >= 0.3 is 6.09 Å². The summed E-state index contributed by atoms with van der Waals surface area (Å²) in [5.41, 5.74) is -0.487. The Morgan fingerprint density at radius 2 is 2.06 bits per heavy atom. The Bertz CT molecular complexity index is 716. The fourth-order valence-electron chi connectivity index (χ4n) is 3.83. The van der Waals surface area contributed by atoms with Crippen LogP contribution in [-0.2, 0) is 4.74 Å². The number of aliphatic hydroxyl groups is 1. The lowest BCUT2D eigenvalue weighted by Gasteiger charge is -2.40. The molecule has 1 aliphatic carbocycles. The molecule has 0 bridgehead atoms. The second-order valence-corrected chi connectivity index (χ2v) is 9.52. The number of nitrogens with zero attached hydrogens (tertiary/aromatic N) is 3. The van der Waals surface area contributed by atoms with Crippen LogP contribution >= 0.6 is 0 Å². The van der Waals surface area contributed by atoms with Crippen LogP contribution in [0.15, 0.2) is 27.8 Å². The molecule has 3 rings (SSSR count). The number of amides is 1. The monoisotopic (exact) mass is 434 g/mol. The summed E-state index contributed by atoms with van der Waals surface area (Å²) >= 11 is 0. The van der Waals surface area contributed by atoms with Crippen LogP contribution in [-0.4, -0.2) is 71.3 Å². The highest BCUT2D eigenvalue weighted by molar-refractivity contribution is 5.80. The van der Waals surface area contributed by atoms with Crippen molar-refractivity contribution in [2.24, 2.45) is 10.9 Å². The first-order valence-corrected chi connectivity index (χ1v) is 11.5. The van der Waals surface area contributed by atoms with E-state index in [9.17, 15) is 9.90 Å². The summed E-state index contributed by atoms with van der Waals surface area (Å²) in [5.74, 6) is 1.93. The number of carbonyl (C=O) groups excluding carboxylic acids is 1. The zero-order valence-corrected chi connectivity index (χ0v) is 19.3. The smallest absolute Gasteiger partial charge is 0.410 e. The molecule has 1 aliphatic heterocycles. The van der Waals surface area contributed by atoms with Gasteiger partial charge in [-0.3, -0.25) is 0 Å². The minimum Gasteiger partial charge on any atom is -0.467 e. The Morgan fingerprint density at radius 1 is 1.35 bits per heavy atom. The highest BCUT2D eigenvalue weighted by Crippen LogP contribution is 2.32. The summed E-state index contributed by atoms with van der Waals surface area (Å²) in [6.45, 7) is 11.2. The number of hydrogen-bond donors (Lipinski definition) is 2. The maximum Gasteiger partial charge on any atom is 0.410 e. The highest BCUT2D eigenvalue weighted by atomic mass is 16.6. The molecule has 0 aromatic carbocycles. The second kappa shape index (κ2) is 10.4. The molecule has 2 fully saturated rings. The molecule has 174 valence electrons. The number of hydrogen-bond acceptors (Lipinski definition) is 5. The van der Waals surface area contributed by atoms with Gasteiger partial charge in [-0.05, 0) is 71.4 Å². The number of aliphatic imine (C=N–C) groups is 1. The standard InChI is InChI=1S/C23H38N4O4/c1-5-24-21(25-15-19(28)20-7-6-14-30-20)26-12-10-18(11-13-26)27(16-17-8-9-17)22(29)31-23(2,3)4/h6-7,14,17-19,28H,5,8-13,15-16H2,1-4H3,(H,24,25). The van der Waals surface area contributed by atoms with Gasteiger partial charge in [-0.1, -0.05) is 0 Å². The van der Waals surface area contributed by atoms with Crippen LogP contribution in [0.4, 0.5) is 4.79 Å². The van der Waals surface area contributed by atoms with Gasteiger partial charge in [0.1, 0.15) is 17.5 Å². The zero-order chi connectivity index (χ0) is 22.4.